The van der Waals surface area contributed by atoms with Crippen molar-refractivity contribution in [3.63, 3.8) is 0 Å². The number of carbonyl (C=O) groups excluding carboxylic acids is 4. The standard InChI is InChI=1S/C46H54O10/c1-5-7-9-11-13-31-51-39-23-15-37(16-24-39)45(49)55-41-27-19-35(20-28-41)43(47)53-33(3)34(4)54-44(48)36-21-29-42(30-22-36)56-46(50)38-17-25-40(26-18-38)52-32-14-12-10-8-6-2/h15-30,33-34H,5-14,31-32H2,1-4H3. The van der Waals surface area contributed by atoms with E-state index >= 15 is 0 Å². The predicted octanol–water partition coefficient (Wildman–Crippen LogP) is 10.6. The Balaban J connectivity index is 1.17. The largest absolute Gasteiger partial charge is 0.494 e. The molecule has 0 heterocycles. The summed E-state index contributed by atoms with van der Waals surface area (Å²) in [5, 5.41) is 0. The van der Waals surface area contributed by atoms with Gasteiger partial charge in [-0.15, -0.1) is 0 Å². The van der Waals surface area contributed by atoms with Crippen molar-refractivity contribution in [1.29, 1.82) is 0 Å². The number of unbranched alkanes of at least 4 members (excludes halogenated alkanes) is 8. The maximum absolute atomic E-state index is 12.8. The Morgan fingerprint density at radius 1 is 0.393 bits per heavy atom. The Kier molecular flexibility index (Phi) is 17.9. The van der Waals surface area contributed by atoms with E-state index in [9.17, 15) is 19.2 Å². The van der Waals surface area contributed by atoms with E-state index in [0.29, 0.717) is 35.8 Å². The van der Waals surface area contributed by atoms with Gasteiger partial charge in [0.15, 0.2) is 0 Å². The van der Waals surface area contributed by atoms with E-state index in [2.05, 4.69) is 13.8 Å². The maximum Gasteiger partial charge on any atom is 0.343 e. The molecule has 10 heteroatoms. The summed E-state index contributed by atoms with van der Waals surface area (Å²) < 4.78 is 33.5. The van der Waals surface area contributed by atoms with Crippen molar-refractivity contribution >= 4 is 23.9 Å². The van der Waals surface area contributed by atoms with Crippen LogP contribution in [0.3, 0.4) is 0 Å². The monoisotopic (exact) mass is 766 g/mol. The molecule has 0 radical (unpaired) electrons. The number of rotatable bonds is 23. The van der Waals surface area contributed by atoms with Gasteiger partial charge in [0, 0.05) is 0 Å². The average Bonchev–Trinajstić information content (AvgIpc) is 3.21. The highest BCUT2D eigenvalue weighted by atomic mass is 16.6. The first kappa shape index (κ1) is 43.1. The highest BCUT2D eigenvalue weighted by Gasteiger charge is 2.23. The van der Waals surface area contributed by atoms with Crippen LogP contribution in [-0.4, -0.2) is 49.3 Å². The Morgan fingerprint density at radius 3 is 1.00 bits per heavy atom. The first-order valence-electron chi connectivity index (χ1n) is 19.7. The summed E-state index contributed by atoms with van der Waals surface area (Å²) in [5.74, 6) is -0.436. The topological polar surface area (TPSA) is 124 Å². The Labute approximate surface area is 330 Å². The first-order valence-corrected chi connectivity index (χ1v) is 19.7. The zero-order valence-corrected chi connectivity index (χ0v) is 33.0. The van der Waals surface area contributed by atoms with Crippen LogP contribution in [0.25, 0.3) is 0 Å². The number of hydrogen-bond donors (Lipinski definition) is 0. The van der Waals surface area contributed by atoms with Crippen molar-refractivity contribution < 1.29 is 47.6 Å². The van der Waals surface area contributed by atoms with Gasteiger partial charge in [-0.25, -0.2) is 19.2 Å². The van der Waals surface area contributed by atoms with Crippen molar-refractivity contribution in [3.8, 4) is 23.0 Å². The zero-order chi connectivity index (χ0) is 40.1. The van der Waals surface area contributed by atoms with Crippen LogP contribution in [0.1, 0.15) is 133 Å². The van der Waals surface area contributed by atoms with Crippen LogP contribution in [-0.2, 0) is 9.47 Å². The second-order valence-electron chi connectivity index (χ2n) is 13.6. The van der Waals surface area contributed by atoms with Gasteiger partial charge < -0.3 is 28.4 Å². The molecule has 2 atom stereocenters. The van der Waals surface area contributed by atoms with Crippen LogP contribution in [0, 0.1) is 0 Å². The number of benzene rings is 4. The van der Waals surface area contributed by atoms with Crippen molar-refractivity contribution in [1.82, 2.24) is 0 Å². The van der Waals surface area contributed by atoms with Crippen molar-refractivity contribution in [3.05, 3.63) is 119 Å². The number of esters is 4. The van der Waals surface area contributed by atoms with Gasteiger partial charge in [0.05, 0.1) is 35.5 Å². The van der Waals surface area contributed by atoms with Gasteiger partial charge in [0.2, 0.25) is 0 Å². The minimum atomic E-state index is -0.778. The fourth-order valence-corrected chi connectivity index (χ4v) is 5.48. The molecule has 4 aromatic carbocycles. The Hall–Kier alpha value is -5.64. The summed E-state index contributed by atoms with van der Waals surface area (Å²) in [7, 11) is 0. The molecule has 0 fully saturated rings. The van der Waals surface area contributed by atoms with Crippen LogP contribution in [0.15, 0.2) is 97.1 Å². The fraction of sp³-hybridized carbons (Fsp3) is 0.391. The molecule has 2 unspecified atom stereocenters. The van der Waals surface area contributed by atoms with Gasteiger partial charge in [-0.1, -0.05) is 65.2 Å². The van der Waals surface area contributed by atoms with Crippen molar-refractivity contribution in [2.45, 2.75) is 104 Å². The summed E-state index contributed by atoms with van der Waals surface area (Å²) in [6.07, 6.45) is 9.97. The van der Waals surface area contributed by atoms with Crippen LogP contribution >= 0.6 is 0 Å². The van der Waals surface area contributed by atoms with Gasteiger partial charge in [0.1, 0.15) is 35.2 Å². The first-order chi connectivity index (χ1) is 27.2. The van der Waals surface area contributed by atoms with Crippen LogP contribution in [0.5, 0.6) is 23.0 Å². The third kappa shape index (κ3) is 14.5. The lowest BCUT2D eigenvalue weighted by Crippen LogP contribution is -2.30. The summed E-state index contributed by atoms with van der Waals surface area (Å²) in [6.45, 7) is 8.87. The minimum absolute atomic E-state index is 0.231. The molecule has 0 aliphatic rings. The molecule has 4 rings (SSSR count). The van der Waals surface area contributed by atoms with Gasteiger partial charge in [0.25, 0.3) is 0 Å². The minimum Gasteiger partial charge on any atom is -0.494 e. The van der Waals surface area contributed by atoms with E-state index in [1.807, 2.05) is 0 Å². The molecule has 0 N–H and O–H groups in total. The SMILES string of the molecule is CCCCCCCOc1ccc(C(=O)Oc2ccc(C(=O)OC(C)C(C)OC(=O)c3ccc(OC(=O)c4ccc(OCCCCCCC)cc4)cc3)cc2)cc1. The summed E-state index contributed by atoms with van der Waals surface area (Å²) >= 11 is 0. The fourth-order valence-electron chi connectivity index (χ4n) is 5.48. The Bertz CT molecular complexity index is 1660. The molecule has 0 amide bonds. The van der Waals surface area contributed by atoms with Crippen LogP contribution in [0.4, 0.5) is 0 Å². The van der Waals surface area contributed by atoms with Gasteiger partial charge in [-0.05, 0) is 124 Å². The molecule has 0 aliphatic carbocycles. The molecule has 10 nitrogen and oxygen atoms in total. The molecular formula is C46H54O10. The second kappa shape index (κ2) is 23.3. The molecule has 0 spiro atoms. The van der Waals surface area contributed by atoms with E-state index in [0.717, 1.165) is 25.7 Å². The normalized spacial score (nSPS) is 11.9. The number of carbonyl (C=O) groups is 4. The molecule has 56 heavy (non-hydrogen) atoms. The molecule has 0 saturated carbocycles. The van der Waals surface area contributed by atoms with Crippen LogP contribution in [0.2, 0.25) is 0 Å². The number of hydrogen-bond acceptors (Lipinski definition) is 10. The average molecular weight is 767 g/mol. The maximum atomic E-state index is 12.8. The van der Waals surface area contributed by atoms with E-state index < -0.39 is 36.1 Å². The van der Waals surface area contributed by atoms with E-state index in [1.54, 1.807) is 62.4 Å². The van der Waals surface area contributed by atoms with E-state index in [4.69, 9.17) is 28.4 Å². The molecule has 298 valence electrons. The van der Waals surface area contributed by atoms with E-state index in [-0.39, 0.29) is 22.6 Å². The lowest BCUT2D eigenvalue weighted by molar-refractivity contribution is -0.0239. The second-order valence-corrected chi connectivity index (χ2v) is 13.6. The lowest BCUT2D eigenvalue weighted by Gasteiger charge is -2.21. The summed E-state index contributed by atoms with van der Waals surface area (Å²) in [4.78, 5) is 51.0. The molecular weight excluding hydrogens is 712 g/mol. The smallest absolute Gasteiger partial charge is 0.343 e. The lowest BCUT2D eigenvalue weighted by atomic mass is 10.2. The summed E-state index contributed by atoms with van der Waals surface area (Å²) in [5.41, 5.74) is 1.20. The highest BCUT2D eigenvalue weighted by Crippen LogP contribution is 2.21. The summed E-state index contributed by atoms with van der Waals surface area (Å²) in [6, 6.07) is 25.5. The van der Waals surface area contributed by atoms with Gasteiger partial charge in [-0.2, -0.15) is 0 Å². The number of ether oxygens (including phenoxy) is 6. The molecule has 4 aromatic rings. The molecule has 0 bridgehead atoms. The molecule has 0 saturated heterocycles. The molecule has 0 aliphatic heterocycles. The predicted molar refractivity (Wildman–Crippen MR) is 214 cm³/mol. The van der Waals surface area contributed by atoms with Crippen LogP contribution < -0.4 is 18.9 Å². The van der Waals surface area contributed by atoms with Gasteiger partial charge in [-0.3, -0.25) is 0 Å². The Morgan fingerprint density at radius 2 is 0.679 bits per heavy atom. The van der Waals surface area contributed by atoms with Crippen molar-refractivity contribution in [2.24, 2.45) is 0 Å². The van der Waals surface area contributed by atoms with Crippen molar-refractivity contribution in [2.75, 3.05) is 13.2 Å². The highest BCUT2D eigenvalue weighted by molar-refractivity contribution is 5.93. The third-order valence-electron chi connectivity index (χ3n) is 9.06. The zero-order valence-electron chi connectivity index (χ0n) is 33.0. The van der Waals surface area contributed by atoms with E-state index in [1.165, 1.54) is 87.1 Å². The molecule has 0 aromatic heterocycles. The van der Waals surface area contributed by atoms with Gasteiger partial charge >= 0.3 is 23.9 Å². The third-order valence-corrected chi connectivity index (χ3v) is 9.06. The quantitative estimate of drug-likeness (QED) is 0.0409.